The number of carbonyl (C=O) groups excluding carboxylic acids is 1. The zero-order valence-corrected chi connectivity index (χ0v) is 42.9. The molecule has 3 aliphatic rings. The van der Waals surface area contributed by atoms with Crippen molar-refractivity contribution in [2.75, 3.05) is 19.8 Å². The average molecular weight is 1120 g/mol. The van der Waals surface area contributed by atoms with Crippen molar-refractivity contribution in [3.05, 3.63) is 130 Å². The van der Waals surface area contributed by atoms with E-state index in [0.29, 0.717) is 0 Å². The SMILES string of the molecule is CC(C)OC(=O)[C@H](C)NP(=O)(OCC1OC(n2ccc(=O)[nH]c2=O)[C@](C)(O)[C@@H]1O)Oc1ccccc1.C[C@]1(O)C(n2ccc(=O)[nH]c2=O)OC(CO)[C@H]1O.C[C@]1(O)C(n2ccc(=O)[nH]c2=O)OC(COP(=O)(O)O)[C@H]1O. The highest BCUT2D eigenvalue weighted by molar-refractivity contribution is 7.52. The largest absolute Gasteiger partial charge is 0.469 e. The van der Waals surface area contributed by atoms with Crippen molar-refractivity contribution in [2.45, 2.75) is 126 Å². The summed E-state index contributed by atoms with van der Waals surface area (Å²) < 4.78 is 63.6. The van der Waals surface area contributed by atoms with E-state index < -0.39 is 159 Å². The third kappa shape index (κ3) is 14.7. The first-order valence-corrected chi connectivity index (χ1v) is 25.7. The number of H-pyrrole nitrogens is 3. The van der Waals surface area contributed by atoms with E-state index in [0.717, 1.165) is 50.5 Å². The molecule has 3 aromatic heterocycles. The van der Waals surface area contributed by atoms with E-state index in [1.54, 1.807) is 32.0 Å². The van der Waals surface area contributed by atoms with Crippen LogP contribution in [0.3, 0.4) is 0 Å². The molecule has 0 saturated carbocycles. The van der Waals surface area contributed by atoms with Crippen molar-refractivity contribution in [1.29, 1.82) is 0 Å². The number of aliphatic hydroxyl groups excluding tert-OH is 4. The van der Waals surface area contributed by atoms with Crippen LogP contribution in [0.15, 0.2) is 95.9 Å². The fourth-order valence-corrected chi connectivity index (χ4v) is 9.50. The van der Waals surface area contributed by atoms with Crippen LogP contribution in [0.2, 0.25) is 0 Å². The van der Waals surface area contributed by atoms with Gasteiger partial charge in [-0.1, -0.05) is 18.2 Å². The number of carbonyl (C=O) groups is 1. The molecule has 76 heavy (non-hydrogen) atoms. The molecule has 1 aromatic carbocycles. The number of ether oxygens (including phenoxy) is 4. The Labute approximate surface area is 427 Å². The molecule has 14 atom stereocenters. The van der Waals surface area contributed by atoms with E-state index in [4.69, 9.17) is 42.9 Å². The fourth-order valence-electron chi connectivity index (χ4n) is 7.66. The molecule has 0 aliphatic carbocycles. The molecule has 6 heterocycles. The van der Waals surface area contributed by atoms with Gasteiger partial charge >= 0.3 is 38.6 Å². The number of nitrogens with zero attached hydrogens (tertiary/aromatic N) is 3. The minimum Gasteiger partial charge on any atom is -0.462 e. The first kappa shape index (κ1) is 61.2. The molecule has 0 bridgehead atoms. The molecule has 0 amide bonds. The van der Waals surface area contributed by atoms with E-state index in [1.165, 1.54) is 39.8 Å². The Kier molecular flexibility index (Phi) is 19.6. The number of aliphatic hydroxyl groups is 7. The van der Waals surface area contributed by atoms with Gasteiger partial charge in [0.2, 0.25) is 0 Å². The number of esters is 1. The number of phosphoric acid groups is 1. The monoisotopic (exact) mass is 1120 g/mol. The van der Waals surface area contributed by atoms with E-state index in [9.17, 15) is 73.3 Å². The molecule has 7 rings (SSSR count). The van der Waals surface area contributed by atoms with Crippen LogP contribution in [0, 0.1) is 0 Å². The maximum Gasteiger partial charge on any atom is 0.469 e. The third-order valence-corrected chi connectivity index (χ3v) is 13.7. The standard InChI is InChI=1S/C22H30N3O10P.C10H15N2O9P.C10H14N2O6/c1-13(2)33-19(28)14(3)24-36(31,35-15-8-6-5-7-9-15)32-12-16-18(27)22(4,30)20(34-16)25-11-10-17(26)23-21(25)29;1-10(16)7(14)5(4-20-22(17,18)19)21-8(10)12-3-2-6(13)11-9(12)15;1-10(17)7(15)5(4-13)18-8(10)12-3-2-6(14)11-9(12)16/h5-11,13-14,16,18,20,27,30H,12H2,1-4H3,(H,24,31)(H,23,26,29);2-3,5,7-8,14,16H,4H2,1H3,(H,11,13,15)(H2,17,18,19);2-3,5,7-8,13,15,17H,4H2,1H3,(H,11,14,16)/t14-,16?,18+,20?,22+,36?;2*5?,7-,8?,10-/m011/s1. The zero-order chi connectivity index (χ0) is 56.9. The Morgan fingerprint density at radius 2 is 1.01 bits per heavy atom. The predicted molar refractivity (Wildman–Crippen MR) is 255 cm³/mol. The van der Waals surface area contributed by atoms with E-state index in [1.807, 2.05) is 15.0 Å². The second-order valence-corrected chi connectivity index (χ2v) is 21.1. The zero-order valence-electron chi connectivity index (χ0n) is 41.1. The summed E-state index contributed by atoms with van der Waals surface area (Å²) in [6.07, 6.45) is -9.08. The number of aromatic nitrogens is 6. The van der Waals surface area contributed by atoms with Crippen LogP contribution in [0.4, 0.5) is 0 Å². The van der Waals surface area contributed by atoms with Gasteiger partial charge < -0.3 is 69.0 Å². The lowest BCUT2D eigenvalue weighted by molar-refractivity contribution is -0.149. The normalized spacial score (nSPS) is 30.3. The van der Waals surface area contributed by atoms with Crippen molar-refractivity contribution in [2.24, 2.45) is 0 Å². The van der Waals surface area contributed by atoms with E-state index in [2.05, 4.69) is 9.61 Å². The van der Waals surface area contributed by atoms with Crippen molar-refractivity contribution in [3.63, 3.8) is 0 Å². The van der Waals surface area contributed by atoms with Crippen LogP contribution in [-0.2, 0) is 41.9 Å². The molecule has 34 heteroatoms. The van der Waals surface area contributed by atoms with E-state index >= 15 is 0 Å². The lowest BCUT2D eigenvalue weighted by Crippen LogP contribution is -2.47. The van der Waals surface area contributed by atoms with Gasteiger partial charge in [-0.25, -0.2) is 23.5 Å². The smallest absolute Gasteiger partial charge is 0.462 e. The molecular formula is C42H59N7O25P2. The molecule has 4 aromatic rings. The lowest BCUT2D eigenvalue weighted by atomic mass is 9.96. The van der Waals surface area contributed by atoms with Gasteiger partial charge in [0.1, 0.15) is 65.2 Å². The summed E-state index contributed by atoms with van der Waals surface area (Å²) in [7, 11) is -9.05. The first-order chi connectivity index (χ1) is 35.2. The number of benzene rings is 1. The third-order valence-electron chi connectivity index (χ3n) is 11.6. The molecule has 0 spiro atoms. The van der Waals surface area contributed by atoms with Gasteiger partial charge in [-0.05, 0) is 53.7 Å². The van der Waals surface area contributed by atoms with Crippen molar-refractivity contribution in [1.82, 2.24) is 33.7 Å². The van der Waals surface area contributed by atoms with Gasteiger partial charge in [-0.15, -0.1) is 0 Å². The average Bonchev–Trinajstić information content (AvgIpc) is 3.79. The molecule has 3 saturated heterocycles. The minimum atomic E-state index is -4.78. The molecule has 422 valence electrons. The highest BCUT2D eigenvalue weighted by Gasteiger charge is 2.56. The maximum atomic E-state index is 13.6. The van der Waals surface area contributed by atoms with Gasteiger partial charge in [-0.2, -0.15) is 5.09 Å². The van der Waals surface area contributed by atoms with Gasteiger partial charge in [-0.3, -0.25) is 56.9 Å². The summed E-state index contributed by atoms with van der Waals surface area (Å²) in [6, 6.07) is 10.1. The lowest BCUT2D eigenvalue weighted by Gasteiger charge is -2.27. The van der Waals surface area contributed by atoms with Crippen molar-refractivity contribution in [3.8, 4) is 5.75 Å². The second kappa shape index (κ2) is 24.4. The Morgan fingerprint density at radius 1 is 0.645 bits per heavy atom. The van der Waals surface area contributed by atoms with Gasteiger partial charge in [0.25, 0.3) is 16.7 Å². The number of hydrogen-bond donors (Lipinski definition) is 13. The van der Waals surface area contributed by atoms with Crippen molar-refractivity contribution < 1.29 is 92.0 Å². The Bertz CT molecular complexity index is 3090. The summed E-state index contributed by atoms with van der Waals surface area (Å²) in [5.41, 5.74) is -10.1. The minimum absolute atomic E-state index is 0.176. The summed E-state index contributed by atoms with van der Waals surface area (Å²) in [5.74, 6) is -0.515. The Hall–Kier alpha value is -5.61. The van der Waals surface area contributed by atoms with Crippen LogP contribution in [-0.4, -0.2) is 166 Å². The highest BCUT2D eigenvalue weighted by atomic mass is 31.2. The summed E-state index contributed by atoms with van der Waals surface area (Å²) in [4.78, 5) is 104. The number of para-hydroxylation sites is 1. The quantitative estimate of drug-likeness (QED) is 0.0374. The van der Waals surface area contributed by atoms with Gasteiger partial charge in [0.15, 0.2) is 18.7 Å². The number of hydrogen-bond acceptors (Lipinski definition) is 23. The fraction of sp³-hybridized carbons (Fsp3) is 0.548. The summed E-state index contributed by atoms with van der Waals surface area (Å²) in [5, 5.41) is 73.2. The topological polar surface area (TPSA) is 475 Å². The van der Waals surface area contributed by atoms with Crippen LogP contribution in [0.1, 0.15) is 60.2 Å². The molecule has 7 unspecified atom stereocenters. The second-order valence-electron chi connectivity index (χ2n) is 18.1. The summed E-state index contributed by atoms with van der Waals surface area (Å²) in [6.45, 7) is 6.69. The maximum absolute atomic E-state index is 13.6. The molecule has 13 N–H and O–H groups in total. The molecule has 3 fully saturated rings. The van der Waals surface area contributed by atoms with Crippen molar-refractivity contribution >= 4 is 21.5 Å². The van der Waals surface area contributed by atoms with Crippen LogP contribution in [0.5, 0.6) is 5.75 Å². The van der Waals surface area contributed by atoms with Gasteiger partial charge in [0.05, 0.1) is 25.9 Å². The Balaban J connectivity index is 0.000000227. The first-order valence-electron chi connectivity index (χ1n) is 22.6. The number of aromatic amines is 3. The molecule has 0 radical (unpaired) electrons. The Morgan fingerprint density at radius 3 is 1.36 bits per heavy atom. The van der Waals surface area contributed by atoms with Crippen LogP contribution >= 0.6 is 15.6 Å². The van der Waals surface area contributed by atoms with E-state index in [-0.39, 0.29) is 5.75 Å². The number of phosphoric ester groups is 1. The summed E-state index contributed by atoms with van der Waals surface area (Å²) >= 11 is 0. The van der Waals surface area contributed by atoms with Crippen LogP contribution in [0.25, 0.3) is 0 Å². The number of nitrogens with one attached hydrogen (secondary N) is 4. The predicted octanol–water partition coefficient (Wildman–Crippen LogP) is -4.13. The molecule has 32 nitrogen and oxygen atoms in total. The van der Waals surface area contributed by atoms with Gasteiger partial charge in [0, 0.05) is 36.8 Å². The highest BCUT2D eigenvalue weighted by Crippen LogP contribution is 2.47. The molecule has 3 aliphatic heterocycles. The molecular weight excluding hydrogens is 1060 g/mol. The number of rotatable bonds is 16. The van der Waals surface area contributed by atoms with Crippen LogP contribution < -0.4 is 43.4 Å².